The number of hydrogen-bond donors (Lipinski definition) is 2. The van der Waals surface area contributed by atoms with Gasteiger partial charge in [0.2, 0.25) is 5.43 Å². The molecule has 1 saturated heterocycles. The fraction of sp³-hybridized carbons (Fsp3) is 0.353. The predicted octanol–water partition coefficient (Wildman–Crippen LogP) is 5.71. The predicted molar refractivity (Wildman–Crippen MR) is 171 cm³/mol. The summed E-state index contributed by atoms with van der Waals surface area (Å²) in [5.74, 6) is -0.384. The van der Waals surface area contributed by atoms with Crippen LogP contribution in [0.2, 0.25) is 0 Å². The van der Waals surface area contributed by atoms with Crippen LogP contribution in [0.4, 0.5) is 10.1 Å². The van der Waals surface area contributed by atoms with E-state index in [-0.39, 0.29) is 22.4 Å². The Hall–Kier alpha value is -4.41. The first-order valence-corrected chi connectivity index (χ1v) is 15.3. The van der Waals surface area contributed by atoms with Crippen molar-refractivity contribution in [1.82, 2.24) is 19.7 Å². The molecule has 228 valence electrons. The number of pyridine rings is 1. The number of aromatic nitrogens is 1. The Balaban J connectivity index is 1.33. The van der Waals surface area contributed by atoms with Crippen molar-refractivity contribution < 1.29 is 18.3 Å². The van der Waals surface area contributed by atoms with E-state index in [2.05, 4.69) is 20.4 Å². The van der Waals surface area contributed by atoms with E-state index in [4.69, 9.17) is 9.15 Å². The maximum absolute atomic E-state index is 15.8. The summed E-state index contributed by atoms with van der Waals surface area (Å²) in [7, 11) is 4.04. The van der Waals surface area contributed by atoms with Gasteiger partial charge in [0, 0.05) is 42.7 Å². The normalized spacial score (nSPS) is 14.5. The molecule has 44 heavy (non-hydrogen) atoms. The van der Waals surface area contributed by atoms with Gasteiger partial charge in [0.25, 0.3) is 5.91 Å². The van der Waals surface area contributed by atoms with Gasteiger partial charge in [-0.15, -0.1) is 0 Å². The Morgan fingerprint density at radius 1 is 1.00 bits per heavy atom. The summed E-state index contributed by atoms with van der Waals surface area (Å²) in [6.07, 6.45) is 5.64. The van der Waals surface area contributed by atoms with Gasteiger partial charge >= 0.3 is 0 Å². The molecule has 0 radical (unpaired) electrons. The number of anilines is 1. The second-order valence-corrected chi connectivity index (χ2v) is 12.0. The van der Waals surface area contributed by atoms with Crippen LogP contribution in [0.1, 0.15) is 36.0 Å². The number of para-hydroxylation sites is 1. The van der Waals surface area contributed by atoms with Crippen molar-refractivity contribution in [3.63, 3.8) is 0 Å². The number of nitrogens with zero attached hydrogens (tertiary/aromatic N) is 3. The summed E-state index contributed by atoms with van der Waals surface area (Å²) in [5.41, 5.74) is 1.99. The van der Waals surface area contributed by atoms with Crippen molar-refractivity contribution in [1.29, 1.82) is 0 Å². The number of rotatable bonds is 10. The van der Waals surface area contributed by atoms with Crippen LogP contribution in [0.25, 0.3) is 38.5 Å². The fourth-order valence-corrected chi connectivity index (χ4v) is 6.36. The molecule has 3 aromatic carbocycles. The first kappa shape index (κ1) is 28.4. The van der Waals surface area contributed by atoms with E-state index in [1.165, 1.54) is 6.07 Å². The van der Waals surface area contributed by atoms with E-state index in [9.17, 15) is 9.59 Å². The molecule has 0 unspecified atom stereocenters. The van der Waals surface area contributed by atoms with Crippen LogP contribution in [-0.2, 0) is 0 Å². The Kier molecular flexibility index (Phi) is 7.47. The third kappa shape index (κ3) is 5.07. The third-order valence-electron chi connectivity index (χ3n) is 8.62. The topological polar surface area (TPSA) is 92.0 Å². The molecule has 4 heterocycles. The van der Waals surface area contributed by atoms with Gasteiger partial charge in [0.15, 0.2) is 17.3 Å². The highest BCUT2D eigenvalue weighted by molar-refractivity contribution is 6.07. The molecule has 0 aliphatic carbocycles. The van der Waals surface area contributed by atoms with Gasteiger partial charge in [0.05, 0.1) is 11.1 Å². The zero-order chi connectivity index (χ0) is 30.4. The lowest BCUT2D eigenvalue weighted by Crippen LogP contribution is -2.36. The molecule has 0 saturated carbocycles. The minimum atomic E-state index is -0.603. The summed E-state index contributed by atoms with van der Waals surface area (Å²) in [4.78, 5) is 31.6. The molecule has 1 amide bonds. The maximum atomic E-state index is 15.8. The number of carbonyl (C=O) groups is 1. The van der Waals surface area contributed by atoms with Gasteiger partial charge in [-0.25, -0.2) is 4.39 Å². The van der Waals surface area contributed by atoms with Crippen LogP contribution in [0, 0.1) is 5.82 Å². The Morgan fingerprint density at radius 3 is 2.64 bits per heavy atom. The standard InChI is InChI=1S/C34H36FN5O4/c1-38(2)13-6-5-11-36-30-25(35)17-23-31-33(30)44-29-18-22-21-9-3-4-10-27(21)43-28(22)19-26(29)40(31)20-24(32(23)41)34(42)37-12-16-39-14-7-8-15-39/h3-4,9-10,17-20,36H,5-8,11-16H2,1-2H3,(H,37,42). The molecule has 2 N–H and O–H groups in total. The molecule has 2 aliphatic rings. The fourth-order valence-electron chi connectivity index (χ4n) is 6.36. The van der Waals surface area contributed by atoms with E-state index in [0.717, 1.165) is 68.2 Å². The Labute approximate surface area is 254 Å². The van der Waals surface area contributed by atoms with E-state index >= 15 is 4.39 Å². The lowest BCUT2D eigenvalue weighted by atomic mass is 10.0. The lowest BCUT2D eigenvalue weighted by molar-refractivity contribution is 0.0948. The summed E-state index contributed by atoms with van der Waals surface area (Å²) in [6, 6.07) is 12.7. The number of nitrogens with one attached hydrogen (secondary N) is 2. The molecule has 0 bridgehead atoms. The van der Waals surface area contributed by atoms with E-state index in [1.54, 1.807) is 10.8 Å². The molecular formula is C34H36FN5O4. The van der Waals surface area contributed by atoms with E-state index in [0.29, 0.717) is 35.6 Å². The van der Waals surface area contributed by atoms with Crippen molar-refractivity contribution >= 4 is 44.4 Å². The van der Waals surface area contributed by atoms with Crippen molar-refractivity contribution in [3.05, 3.63) is 70.3 Å². The van der Waals surface area contributed by atoms with Crippen LogP contribution < -0.4 is 20.8 Å². The molecule has 1 fully saturated rings. The highest BCUT2D eigenvalue weighted by Crippen LogP contribution is 2.47. The number of ether oxygens (including phenoxy) is 1. The molecule has 5 aromatic rings. The summed E-state index contributed by atoms with van der Waals surface area (Å²) >= 11 is 0. The number of furan rings is 1. The minimum Gasteiger partial charge on any atom is -0.456 e. The smallest absolute Gasteiger partial charge is 0.256 e. The average Bonchev–Trinajstić information content (AvgIpc) is 3.66. The van der Waals surface area contributed by atoms with Crippen LogP contribution >= 0.6 is 0 Å². The van der Waals surface area contributed by atoms with E-state index < -0.39 is 17.2 Å². The molecule has 10 heteroatoms. The number of likely N-dealkylation sites (tertiary alicyclic amines) is 1. The van der Waals surface area contributed by atoms with Crippen LogP contribution in [-0.4, -0.2) is 73.6 Å². The van der Waals surface area contributed by atoms with Crippen molar-refractivity contribution in [3.8, 4) is 17.2 Å². The number of hydrogen-bond acceptors (Lipinski definition) is 7. The van der Waals surface area contributed by atoms with Gasteiger partial charge in [-0.3, -0.25) is 9.59 Å². The zero-order valence-electron chi connectivity index (χ0n) is 25.0. The van der Waals surface area contributed by atoms with Gasteiger partial charge < -0.3 is 34.2 Å². The van der Waals surface area contributed by atoms with Gasteiger partial charge in [-0.2, -0.15) is 0 Å². The number of benzene rings is 3. The van der Waals surface area contributed by atoms with Gasteiger partial charge in [0.1, 0.15) is 27.9 Å². The first-order valence-electron chi connectivity index (χ1n) is 15.3. The zero-order valence-corrected chi connectivity index (χ0v) is 25.0. The third-order valence-corrected chi connectivity index (χ3v) is 8.62. The molecule has 7 rings (SSSR count). The van der Waals surface area contributed by atoms with Crippen LogP contribution in [0.5, 0.6) is 11.5 Å². The van der Waals surface area contributed by atoms with Crippen LogP contribution in [0.15, 0.2) is 57.9 Å². The largest absolute Gasteiger partial charge is 0.456 e. The van der Waals surface area contributed by atoms with Crippen molar-refractivity contribution in [2.75, 3.05) is 58.7 Å². The number of carbonyl (C=O) groups excluding carboxylic acids is 1. The summed E-state index contributed by atoms with van der Waals surface area (Å²) in [6.45, 7) is 4.63. The number of fused-ring (bicyclic) bond motifs is 5. The summed E-state index contributed by atoms with van der Waals surface area (Å²) < 4.78 is 30.2. The minimum absolute atomic E-state index is 0.0498. The highest BCUT2D eigenvalue weighted by atomic mass is 19.1. The number of unbranched alkanes of at least 4 members (excludes halogenated alkanes) is 1. The second-order valence-electron chi connectivity index (χ2n) is 12.0. The van der Waals surface area contributed by atoms with Gasteiger partial charge in [-0.05, 0) is 77.6 Å². The molecule has 9 nitrogen and oxygen atoms in total. The molecular weight excluding hydrogens is 561 g/mol. The second kappa shape index (κ2) is 11.6. The summed E-state index contributed by atoms with van der Waals surface area (Å²) in [5, 5.41) is 8.00. The first-order chi connectivity index (χ1) is 21.4. The SMILES string of the molecule is CN(C)CCCCNc1c(F)cc2c(=O)c(C(=O)NCCN3CCCC3)cn3c2c1Oc1cc2c(cc1-3)oc1ccccc12. The van der Waals surface area contributed by atoms with Crippen molar-refractivity contribution in [2.24, 2.45) is 0 Å². The average molecular weight is 598 g/mol. The van der Waals surface area contributed by atoms with Crippen molar-refractivity contribution in [2.45, 2.75) is 25.7 Å². The Bertz CT molecular complexity index is 1960. The van der Waals surface area contributed by atoms with Crippen LogP contribution in [0.3, 0.4) is 0 Å². The number of halogens is 1. The molecule has 2 aromatic heterocycles. The monoisotopic (exact) mass is 597 g/mol. The molecule has 0 atom stereocenters. The quantitative estimate of drug-likeness (QED) is 0.195. The van der Waals surface area contributed by atoms with Gasteiger partial charge in [-0.1, -0.05) is 18.2 Å². The molecule has 2 aliphatic heterocycles. The van der Waals surface area contributed by atoms with E-state index in [1.807, 2.05) is 50.5 Å². The number of amides is 1. The molecule has 0 spiro atoms. The highest BCUT2D eigenvalue weighted by Gasteiger charge is 2.29. The Morgan fingerprint density at radius 2 is 1.82 bits per heavy atom. The lowest BCUT2D eigenvalue weighted by Gasteiger charge is -2.26. The maximum Gasteiger partial charge on any atom is 0.256 e.